The number of aromatic nitrogens is 1. The molecule has 2 atom stereocenters. The van der Waals surface area contributed by atoms with Crippen molar-refractivity contribution in [3.8, 4) is 0 Å². The molecule has 2 heterocycles. The Morgan fingerprint density at radius 1 is 1.27 bits per heavy atom. The van der Waals surface area contributed by atoms with Crippen LogP contribution in [0.2, 0.25) is 0 Å². The highest BCUT2D eigenvalue weighted by Crippen LogP contribution is 2.29. The molecule has 1 N–H and O–H groups in total. The van der Waals surface area contributed by atoms with Gasteiger partial charge >= 0.3 is 6.18 Å². The molecule has 0 bridgehead atoms. The zero-order chi connectivity index (χ0) is 18.6. The molecule has 1 aromatic rings. The highest BCUT2D eigenvalue weighted by Gasteiger charge is 2.32. The van der Waals surface area contributed by atoms with E-state index < -0.39 is 11.9 Å². The van der Waals surface area contributed by atoms with Crippen molar-refractivity contribution in [3.63, 3.8) is 0 Å². The number of nitrogens with zero attached hydrogens (tertiary/aromatic N) is 2. The van der Waals surface area contributed by atoms with Crippen LogP contribution in [0.25, 0.3) is 0 Å². The van der Waals surface area contributed by atoms with E-state index in [0.29, 0.717) is 18.9 Å². The lowest BCUT2D eigenvalue weighted by molar-refractivity contribution is -0.141. The molecule has 2 unspecified atom stereocenters. The van der Waals surface area contributed by atoms with Crippen LogP contribution in [0.15, 0.2) is 47.0 Å². The lowest BCUT2D eigenvalue weighted by Crippen LogP contribution is -2.39. The van der Waals surface area contributed by atoms with Crippen LogP contribution in [0.1, 0.15) is 25.5 Å². The average molecular weight is 365 g/mol. The molecule has 140 valence electrons. The second-order valence-electron chi connectivity index (χ2n) is 6.63. The molecule has 1 aliphatic carbocycles. The standard InChI is InChI=1S/C19H22F3N3O/c1-13-5-6-14(16-12-23-9-10-26-16)7-8-15(11-13)24-18-4-2-3-17(25-18)19(20,21)22/h2-4,6-8,13,16,23H,5,9-12H2,1H3/b8-7-,14-6?,24-15?. The molecule has 1 fully saturated rings. The molecular weight excluding hydrogens is 343 g/mol. The number of alkyl halides is 3. The van der Waals surface area contributed by atoms with Crippen molar-refractivity contribution >= 4 is 11.5 Å². The quantitative estimate of drug-likeness (QED) is 0.859. The molecule has 1 aliphatic heterocycles. The predicted molar refractivity (Wildman–Crippen MR) is 94.6 cm³/mol. The monoisotopic (exact) mass is 365 g/mol. The topological polar surface area (TPSA) is 46.5 Å². The van der Waals surface area contributed by atoms with Gasteiger partial charge in [-0.15, -0.1) is 0 Å². The Balaban J connectivity index is 1.84. The minimum atomic E-state index is -4.47. The first-order valence-corrected chi connectivity index (χ1v) is 8.74. The largest absolute Gasteiger partial charge is 0.433 e. The first-order valence-electron chi connectivity index (χ1n) is 8.74. The van der Waals surface area contributed by atoms with Crippen LogP contribution in [0, 0.1) is 5.92 Å². The zero-order valence-corrected chi connectivity index (χ0v) is 14.6. The Bertz CT molecular complexity index is 719. The number of aliphatic imine (C=N–C) groups is 1. The summed E-state index contributed by atoms with van der Waals surface area (Å²) in [5, 5.41) is 3.30. The summed E-state index contributed by atoms with van der Waals surface area (Å²) in [6, 6.07) is 3.77. The molecule has 0 aromatic carbocycles. The van der Waals surface area contributed by atoms with Crippen molar-refractivity contribution in [1.29, 1.82) is 0 Å². The van der Waals surface area contributed by atoms with Gasteiger partial charge in [-0.1, -0.05) is 25.1 Å². The third-order valence-electron chi connectivity index (χ3n) is 4.36. The van der Waals surface area contributed by atoms with Gasteiger partial charge in [0.15, 0.2) is 5.82 Å². The molecule has 26 heavy (non-hydrogen) atoms. The van der Waals surface area contributed by atoms with E-state index in [-0.39, 0.29) is 11.9 Å². The summed E-state index contributed by atoms with van der Waals surface area (Å²) in [5.74, 6) is 0.407. The fourth-order valence-corrected chi connectivity index (χ4v) is 3.00. The number of ether oxygens (including phenoxy) is 1. The summed E-state index contributed by atoms with van der Waals surface area (Å²) in [6.07, 6.45) is 3.08. The third kappa shape index (κ3) is 5.02. The molecule has 0 saturated carbocycles. The minimum Gasteiger partial charge on any atom is -0.371 e. The normalized spacial score (nSPS) is 27.5. The van der Waals surface area contributed by atoms with Crippen molar-refractivity contribution in [2.75, 3.05) is 19.7 Å². The van der Waals surface area contributed by atoms with Crippen LogP contribution >= 0.6 is 0 Å². The van der Waals surface area contributed by atoms with Crippen molar-refractivity contribution in [2.45, 2.75) is 32.0 Å². The SMILES string of the molecule is CC1CC=C(C2CNCCO2)/C=C\C(=Nc2cccc(C(F)(F)F)n2)C1. The van der Waals surface area contributed by atoms with E-state index >= 15 is 0 Å². The summed E-state index contributed by atoms with van der Waals surface area (Å²) < 4.78 is 44.3. The van der Waals surface area contributed by atoms with Gasteiger partial charge in [0.25, 0.3) is 0 Å². The number of hydrogen-bond acceptors (Lipinski definition) is 4. The van der Waals surface area contributed by atoms with E-state index in [4.69, 9.17) is 4.74 Å². The van der Waals surface area contributed by atoms with E-state index in [1.165, 1.54) is 12.1 Å². The van der Waals surface area contributed by atoms with Gasteiger partial charge in [-0.25, -0.2) is 9.98 Å². The molecule has 0 spiro atoms. The van der Waals surface area contributed by atoms with Crippen LogP contribution in [0.3, 0.4) is 0 Å². The van der Waals surface area contributed by atoms with E-state index in [9.17, 15) is 13.2 Å². The number of allylic oxidation sites excluding steroid dienone is 2. The Labute approximate surface area is 150 Å². The Kier molecular flexibility index (Phi) is 5.88. The lowest BCUT2D eigenvalue weighted by atomic mass is 9.93. The van der Waals surface area contributed by atoms with Gasteiger partial charge in [0.1, 0.15) is 5.69 Å². The molecule has 1 saturated heterocycles. The highest BCUT2D eigenvalue weighted by molar-refractivity contribution is 5.97. The number of nitrogens with one attached hydrogen (secondary N) is 1. The number of rotatable bonds is 2. The average Bonchev–Trinajstić information content (AvgIpc) is 2.60. The maximum absolute atomic E-state index is 12.8. The molecule has 0 amide bonds. The van der Waals surface area contributed by atoms with Crippen LogP contribution in [-0.2, 0) is 10.9 Å². The maximum atomic E-state index is 12.8. The second-order valence-corrected chi connectivity index (χ2v) is 6.63. The van der Waals surface area contributed by atoms with Crippen LogP contribution < -0.4 is 5.32 Å². The van der Waals surface area contributed by atoms with E-state index in [2.05, 4.69) is 28.3 Å². The van der Waals surface area contributed by atoms with E-state index in [1.54, 1.807) is 0 Å². The van der Waals surface area contributed by atoms with Gasteiger partial charge in [-0.05, 0) is 42.5 Å². The molecule has 7 heteroatoms. The third-order valence-corrected chi connectivity index (χ3v) is 4.36. The molecule has 3 rings (SSSR count). The smallest absolute Gasteiger partial charge is 0.371 e. The second kappa shape index (κ2) is 8.14. The highest BCUT2D eigenvalue weighted by atomic mass is 19.4. The van der Waals surface area contributed by atoms with Gasteiger partial charge in [-0.2, -0.15) is 13.2 Å². The zero-order valence-electron chi connectivity index (χ0n) is 14.6. The predicted octanol–water partition coefficient (Wildman–Crippen LogP) is 4.07. The number of morpholine rings is 1. The van der Waals surface area contributed by atoms with Gasteiger partial charge in [0.2, 0.25) is 0 Å². The van der Waals surface area contributed by atoms with E-state index in [0.717, 1.165) is 36.9 Å². The number of hydrogen-bond donors (Lipinski definition) is 1. The summed E-state index contributed by atoms with van der Waals surface area (Å²) >= 11 is 0. The van der Waals surface area contributed by atoms with Gasteiger partial charge in [0.05, 0.1) is 12.7 Å². The van der Waals surface area contributed by atoms with Crippen molar-refractivity contribution in [1.82, 2.24) is 10.3 Å². The summed E-state index contributed by atoms with van der Waals surface area (Å²) in [5.41, 5.74) is 0.872. The molecule has 4 nitrogen and oxygen atoms in total. The van der Waals surface area contributed by atoms with E-state index in [1.807, 2.05) is 12.2 Å². The van der Waals surface area contributed by atoms with Crippen LogP contribution in [-0.4, -0.2) is 36.5 Å². The Morgan fingerprint density at radius 2 is 2.12 bits per heavy atom. The van der Waals surface area contributed by atoms with Crippen molar-refractivity contribution < 1.29 is 17.9 Å². The van der Waals surface area contributed by atoms with Crippen LogP contribution in [0.5, 0.6) is 0 Å². The summed E-state index contributed by atoms with van der Waals surface area (Å²) in [4.78, 5) is 7.99. The summed E-state index contributed by atoms with van der Waals surface area (Å²) in [7, 11) is 0. The minimum absolute atomic E-state index is 0.00164. The number of halogens is 3. The maximum Gasteiger partial charge on any atom is 0.433 e. The fraction of sp³-hybridized carbons (Fsp3) is 0.474. The molecule has 1 aromatic heterocycles. The molecule has 0 radical (unpaired) electrons. The Morgan fingerprint density at radius 3 is 2.85 bits per heavy atom. The molecular formula is C19H22F3N3O. The fourth-order valence-electron chi connectivity index (χ4n) is 3.00. The molecule has 2 aliphatic rings. The Hall–Kier alpha value is -1.99. The first kappa shape index (κ1) is 18.8. The van der Waals surface area contributed by atoms with Crippen molar-refractivity contribution in [3.05, 3.63) is 47.7 Å². The summed E-state index contributed by atoms with van der Waals surface area (Å²) in [6.45, 7) is 4.37. The first-order chi connectivity index (χ1) is 12.4. The van der Waals surface area contributed by atoms with Gasteiger partial charge in [0, 0.05) is 18.8 Å². The van der Waals surface area contributed by atoms with Gasteiger partial charge in [-0.3, -0.25) is 0 Å². The lowest BCUT2D eigenvalue weighted by Gasteiger charge is -2.26. The van der Waals surface area contributed by atoms with Gasteiger partial charge < -0.3 is 10.1 Å². The van der Waals surface area contributed by atoms with Crippen molar-refractivity contribution in [2.24, 2.45) is 10.9 Å². The van der Waals surface area contributed by atoms with Crippen LogP contribution in [0.4, 0.5) is 19.0 Å². The number of pyridine rings is 1.